The van der Waals surface area contributed by atoms with Crippen LogP contribution >= 0.6 is 0 Å². The van der Waals surface area contributed by atoms with Crippen LogP contribution in [0.4, 0.5) is 17.1 Å². The number of nitrogens with zero attached hydrogens (tertiary/aromatic N) is 1. The van der Waals surface area contributed by atoms with E-state index < -0.39 is 0 Å². The second-order valence-corrected chi connectivity index (χ2v) is 25.3. The van der Waals surface area contributed by atoms with Crippen molar-refractivity contribution in [3.63, 3.8) is 0 Å². The van der Waals surface area contributed by atoms with E-state index in [9.17, 15) is 0 Å². The lowest BCUT2D eigenvalue weighted by atomic mass is 9.87. The molecule has 0 fully saturated rings. The summed E-state index contributed by atoms with van der Waals surface area (Å²) < 4.78 is 0. The maximum absolute atomic E-state index is 2.42. The van der Waals surface area contributed by atoms with Crippen LogP contribution in [0.1, 0.15) is 33.4 Å². The Balaban J connectivity index is 0.765. The Bertz CT molecular complexity index is 5430. The summed E-state index contributed by atoms with van der Waals surface area (Å²) in [6.45, 7) is 0. The van der Waals surface area contributed by atoms with Crippen molar-refractivity contribution in [1.82, 2.24) is 0 Å². The average Bonchev–Trinajstić information content (AvgIpc) is 0.771. The van der Waals surface area contributed by atoms with Gasteiger partial charge in [0, 0.05) is 17.1 Å². The van der Waals surface area contributed by atoms with Gasteiger partial charge < -0.3 is 4.90 Å². The van der Waals surface area contributed by atoms with Gasteiger partial charge in [0.1, 0.15) is 0 Å². The molecule has 0 spiro atoms. The standard InChI is InChI=1S/C96H63N/c1-4-31-76-64(22-1)25-19-28-67(76)52-61-85-79-34-7-13-40-88(79)94(89-41-14-8-35-80(85)89)70-46-55-73(56-47-70)97(74-57-48-71(49-58-74)95-90-42-15-9-36-81(90)86(82-37-10-16-43-91(82)95)62-53-68-29-20-26-65-23-2-5-32-77(65)68)75-59-50-72(51-60-75)96-92-44-17-11-38-83(92)87(84-39-12-18-45-93(84)96)63-54-69-30-21-27-66-24-3-6-33-78(66)69/h1-63H/b61-52+,62-53+,63-54+. The zero-order chi connectivity index (χ0) is 64.2. The molecule has 0 unspecified atom stereocenters. The van der Waals surface area contributed by atoms with E-state index >= 15 is 0 Å². The van der Waals surface area contributed by atoms with Crippen LogP contribution in [0.5, 0.6) is 0 Å². The summed E-state index contributed by atoms with van der Waals surface area (Å²) in [5.74, 6) is 0. The quantitative estimate of drug-likeness (QED) is 0.0870. The lowest BCUT2D eigenvalue weighted by Gasteiger charge is -2.27. The molecule has 0 bridgehead atoms. The molecule has 18 rings (SSSR count). The Labute approximate surface area is 564 Å². The Hall–Kier alpha value is -12.7. The average molecular weight is 1230 g/mol. The van der Waals surface area contributed by atoms with Gasteiger partial charge >= 0.3 is 0 Å². The molecule has 0 aromatic heterocycles. The smallest absolute Gasteiger partial charge is 0.0462 e. The molecule has 0 atom stereocenters. The lowest BCUT2D eigenvalue weighted by Crippen LogP contribution is -2.10. The van der Waals surface area contributed by atoms with Gasteiger partial charge in [0.15, 0.2) is 0 Å². The monoisotopic (exact) mass is 1230 g/mol. The van der Waals surface area contributed by atoms with Gasteiger partial charge in [0.05, 0.1) is 0 Å². The number of anilines is 3. The Morgan fingerprint density at radius 3 is 0.588 bits per heavy atom. The number of fused-ring (bicyclic) bond motifs is 9. The van der Waals surface area contributed by atoms with Gasteiger partial charge in [-0.1, -0.05) is 346 Å². The van der Waals surface area contributed by atoms with Crippen LogP contribution in [0.2, 0.25) is 0 Å². The maximum Gasteiger partial charge on any atom is 0.0462 e. The van der Waals surface area contributed by atoms with Gasteiger partial charge in [-0.2, -0.15) is 0 Å². The van der Waals surface area contributed by atoms with Gasteiger partial charge in [-0.15, -0.1) is 0 Å². The molecule has 0 N–H and O–H groups in total. The highest BCUT2D eigenvalue weighted by molar-refractivity contribution is 6.21. The van der Waals surface area contributed by atoms with Crippen molar-refractivity contribution in [2.45, 2.75) is 0 Å². The summed E-state index contributed by atoms with van der Waals surface area (Å²) >= 11 is 0. The molecule has 0 radical (unpaired) electrons. The molecule has 0 saturated carbocycles. The molecule has 97 heavy (non-hydrogen) atoms. The van der Waals surface area contributed by atoms with Crippen molar-refractivity contribution in [1.29, 1.82) is 0 Å². The van der Waals surface area contributed by atoms with Crippen LogP contribution < -0.4 is 4.90 Å². The molecule has 18 aromatic rings. The molecule has 1 heteroatoms. The third-order valence-electron chi connectivity index (χ3n) is 19.9. The molecule has 452 valence electrons. The predicted molar refractivity (Wildman–Crippen MR) is 421 cm³/mol. The normalized spacial score (nSPS) is 12.0. The third kappa shape index (κ3) is 10.1. The van der Waals surface area contributed by atoms with E-state index in [0.717, 1.165) is 33.8 Å². The number of benzene rings is 18. The topological polar surface area (TPSA) is 3.24 Å². The fourth-order valence-corrected chi connectivity index (χ4v) is 15.4. The van der Waals surface area contributed by atoms with E-state index in [1.54, 1.807) is 0 Å². The summed E-state index contributed by atoms with van der Waals surface area (Å²) in [4.78, 5) is 2.42. The van der Waals surface area contributed by atoms with Crippen molar-refractivity contribution in [2.75, 3.05) is 4.90 Å². The zero-order valence-corrected chi connectivity index (χ0v) is 53.3. The summed E-state index contributed by atoms with van der Waals surface area (Å²) in [6.07, 6.45) is 13.8. The van der Waals surface area contributed by atoms with Crippen LogP contribution in [0.25, 0.3) is 167 Å². The van der Waals surface area contributed by atoms with Gasteiger partial charge in [-0.3, -0.25) is 0 Å². The minimum atomic E-state index is 1.06. The number of rotatable bonds is 12. The maximum atomic E-state index is 2.42. The second-order valence-electron chi connectivity index (χ2n) is 25.3. The van der Waals surface area contributed by atoms with Crippen molar-refractivity contribution >= 4 is 150 Å². The van der Waals surface area contributed by atoms with Crippen LogP contribution in [-0.4, -0.2) is 0 Å². The van der Waals surface area contributed by atoms with E-state index in [1.165, 1.54) is 147 Å². The van der Waals surface area contributed by atoms with E-state index in [4.69, 9.17) is 0 Å². The Morgan fingerprint density at radius 2 is 0.351 bits per heavy atom. The summed E-state index contributed by atoms with van der Waals surface area (Å²) in [5, 5.41) is 22.1. The summed E-state index contributed by atoms with van der Waals surface area (Å²) in [7, 11) is 0. The van der Waals surface area contributed by atoms with Crippen LogP contribution in [-0.2, 0) is 0 Å². The van der Waals surface area contributed by atoms with Crippen molar-refractivity contribution < 1.29 is 0 Å². The first-order valence-corrected chi connectivity index (χ1v) is 33.5. The zero-order valence-electron chi connectivity index (χ0n) is 53.3. The van der Waals surface area contributed by atoms with Gasteiger partial charge in [-0.25, -0.2) is 0 Å². The van der Waals surface area contributed by atoms with Crippen LogP contribution in [0.3, 0.4) is 0 Å². The predicted octanol–water partition coefficient (Wildman–Crippen LogP) is 27.0. The molecule has 0 aliphatic carbocycles. The molecule has 18 aromatic carbocycles. The van der Waals surface area contributed by atoms with Crippen molar-refractivity contribution in [2.24, 2.45) is 0 Å². The summed E-state index contributed by atoms with van der Waals surface area (Å²) in [5.41, 5.74) is 17.6. The van der Waals surface area contributed by atoms with E-state index in [-0.39, 0.29) is 0 Å². The van der Waals surface area contributed by atoms with Crippen molar-refractivity contribution in [3.8, 4) is 33.4 Å². The fraction of sp³-hybridized carbons (Fsp3) is 0. The first-order valence-electron chi connectivity index (χ1n) is 33.5. The highest BCUT2D eigenvalue weighted by Gasteiger charge is 2.21. The lowest BCUT2D eigenvalue weighted by molar-refractivity contribution is 1.28. The molecule has 1 nitrogen and oxygen atoms in total. The molecule has 0 aliphatic heterocycles. The van der Waals surface area contributed by atoms with E-state index in [2.05, 4.69) is 387 Å². The second kappa shape index (κ2) is 24.3. The third-order valence-corrected chi connectivity index (χ3v) is 19.9. The first-order chi connectivity index (χ1) is 48.1. The van der Waals surface area contributed by atoms with Crippen molar-refractivity contribution in [3.05, 3.63) is 379 Å². The summed E-state index contributed by atoms with van der Waals surface area (Å²) in [6, 6.07) is 127. The van der Waals surface area contributed by atoms with Gasteiger partial charge in [0.2, 0.25) is 0 Å². The SMILES string of the molecule is C(=C\c1c2ccccc2c(-c2ccc(N(c3ccc(-c4c5ccccc5c(/C=C/c5cccc6ccccc56)c5ccccc45)cc3)c3ccc(-c4c5ccccc5c(/C=C/c5cccc6ccccc56)c5ccccc45)cc3)cc2)c2ccccc12)/c1cccc2ccccc12. The minimum Gasteiger partial charge on any atom is -0.311 e. The highest BCUT2D eigenvalue weighted by atomic mass is 15.1. The Morgan fingerprint density at radius 1 is 0.155 bits per heavy atom. The van der Waals surface area contributed by atoms with E-state index in [0.29, 0.717) is 0 Å². The molecular weight excluding hydrogens is 1170 g/mol. The van der Waals surface area contributed by atoms with Crippen LogP contribution in [0.15, 0.2) is 346 Å². The number of hydrogen-bond donors (Lipinski definition) is 0. The molecule has 0 amide bonds. The van der Waals surface area contributed by atoms with Gasteiger partial charge in [-0.05, 0) is 200 Å². The highest BCUT2D eigenvalue weighted by Crippen LogP contribution is 2.47. The number of hydrogen-bond acceptors (Lipinski definition) is 1. The minimum absolute atomic E-state index is 1.06. The first kappa shape index (κ1) is 57.0. The van der Waals surface area contributed by atoms with Gasteiger partial charge in [0.25, 0.3) is 0 Å². The molecule has 0 aliphatic rings. The van der Waals surface area contributed by atoms with Crippen LogP contribution in [0, 0.1) is 0 Å². The fourth-order valence-electron chi connectivity index (χ4n) is 15.4. The molecule has 0 saturated heterocycles. The largest absolute Gasteiger partial charge is 0.311 e. The molecule has 0 heterocycles. The Kier molecular flexibility index (Phi) is 14.3. The van der Waals surface area contributed by atoms with E-state index in [1.807, 2.05) is 0 Å². The molecular formula is C96H63N.